The highest BCUT2D eigenvalue weighted by Gasteiger charge is 2.35. The third kappa shape index (κ3) is 2.77. The van der Waals surface area contributed by atoms with Crippen LogP contribution in [0.1, 0.15) is 0 Å². The fraction of sp³-hybridized carbons (Fsp3) is 0.267. The Kier molecular flexibility index (Phi) is 3.93. The van der Waals surface area contributed by atoms with Gasteiger partial charge < -0.3 is 10.2 Å². The zero-order valence-corrected chi connectivity index (χ0v) is 14.7. The zero-order valence-electron chi connectivity index (χ0n) is 13.1. The predicted octanol–water partition coefficient (Wildman–Crippen LogP) is 2.14. The van der Waals surface area contributed by atoms with Crippen molar-refractivity contribution in [2.24, 2.45) is 13.0 Å². The van der Waals surface area contributed by atoms with E-state index in [0.29, 0.717) is 45.8 Å². The molecule has 0 aliphatic carbocycles. The Hall–Kier alpha value is -2.45. The van der Waals surface area contributed by atoms with Crippen LogP contribution in [0.3, 0.4) is 0 Å². The molecule has 0 atom stereocenters. The minimum absolute atomic E-state index is 0.107. The van der Waals surface area contributed by atoms with E-state index in [9.17, 15) is 4.79 Å². The number of fused-ring (bicyclic) bond motifs is 1. The molecular formula is C15H13Cl2N7O. The molecule has 1 aliphatic rings. The summed E-state index contributed by atoms with van der Waals surface area (Å²) in [5.41, 5.74) is 1.79. The number of carbonyl (C=O) groups is 1. The van der Waals surface area contributed by atoms with Crippen molar-refractivity contribution in [1.29, 1.82) is 0 Å². The van der Waals surface area contributed by atoms with Gasteiger partial charge >= 0.3 is 0 Å². The lowest BCUT2D eigenvalue weighted by atomic mass is 9.99. The molecule has 0 bridgehead atoms. The van der Waals surface area contributed by atoms with Crippen LogP contribution in [0.4, 0.5) is 11.5 Å². The van der Waals surface area contributed by atoms with Gasteiger partial charge in [-0.2, -0.15) is 0 Å². The first-order valence-corrected chi connectivity index (χ1v) is 8.30. The second-order valence-electron chi connectivity index (χ2n) is 5.78. The SMILES string of the molecule is Cn1nnc2c(N3CC(C(=O)Nc4cccc(Cl)c4Cl)C3)ncnc21. The topological polar surface area (TPSA) is 88.8 Å². The van der Waals surface area contributed by atoms with Crippen molar-refractivity contribution in [1.82, 2.24) is 25.0 Å². The van der Waals surface area contributed by atoms with Crippen LogP contribution >= 0.6 is 23.2 Å². The standard InChI is InChI=1S/C15H13Cl2N7O/c1-23-13-12(21-22-23)14(19-7-18-13)24-5-8(6-24)15(25)20-10-4-2-3-9(16)11(10)17/h2-4,7-8H,5-6H2,1H3,(H,20,25). The number of rotatable bonds is 3. The summed E-state index contributed by atoms with van der Waals surface area (Å²) in [6.45, 7) is 1.07. The summed E-state index contributed by atoms with van der Waals surface area (Å²) in [6.07, 6.45) is 1.47. The fourth-order valence-corrected chi connectivity index (χ4v) is 3.07. The van der Waals surface area contributed by atoms with Gasteiger partial charge in [-0.1, -0.05) is 34.5 Å². The number of nitrogens with zero attached hydrogens (tertiary/aromatic N) is 6. The molecule has 0 unspecified atom stereocenters. The van der Waals surface area contributed by atoms with E-state index in [1.165, 1.54) is 6.33 Å². The number of aromatic nitrogens is 5. The summed E-state index contributed by atoms with van der Waals surface area (Å²) in [7, 11) is 1.77. The lowest BCUT2D eigenvalue weighted by Gasteiger charge is -2.38. The third-order valence-electron chi connectivity index (χ3n) is 4.13. The molecule has 1 N–H and O–H groups in total. The highest BCUT2D eigenvalue weighted by molar-refractivity contribution is 6.44. The van der Waals surface area contributed by atoms with E-state index in [2.05, 4.69) is 25.6 Å². The monoisotopic (exact) mass is 377 g/mol. The Bertz CT molecular complexity index is 968. The van der Waals surface area contributed by atoms with E-state index >= 15 is 0 Å². The Morgan fingerprint density at radius 1 is 1.28 bits per heavy atom. The van der Waals surface area contributed by atoms with Crippen LogP contribution in [-0.2, 0) is 11.8 Å². The molecule has 2 aromatic heterocycles. The summed E-state index contributed by atoms with van der Waals surface area (Å²) in [5.74, 6) is 0.407. The van der Waals surface area contributed by atoms with Crippen LogP contribution in [0.5, 0.6) is 0 Å². The molecule has 1 aromatic carbocycles. The Balaban J connectivity index is 1.46. The summed E-state index contributed by atoms with van der Waals surface area (Å²) in [4.78, 5) is 22.8. The minimum Gasteiger partial charge on any atom is -0.353 e. The molecule has 1 fully saturated rings. The molecule has 3 aromatic rings. The van der Waals surface area contributed by atoms with E-state index in [0.717, 1.165) is 0 Å². The highest BCUT2D eigenvalue weighted by atomic mass is 35.5. The van der Waals surface area contributed by atoms with Crippen LogP contribution in [0.2, 0.25) is 10.0 Å². The van der Waals surface area contributed by atoms with Gasteiger partial charge in [-0.15, -0.1) is 5.10 Å². The van der Waals surface area contributed by atoms with E-state index in [-0.39, 0.29) is 11.8 Å². The first-order valence-electron chi connectivity index (χ1n) is 7.55. The van der Waals surface area contributed by atoms with Crippen molar-refractivity contribution in [3.05, 3.63) is 34.6 Å². The molecule has 1 aliphatic heterocycles. The molecule has 0 spiro atoms. The van der Waals surface area contributed by atoms with Crippen LogP contribution in [0.15, 0.2) is 24.5 Å². The van der Waals surface area contributed by atoms with Gasteiger partial charge in [-0.25, -0.2) is 14.6 Å². The van der Waals surface area contributed by atoms with Gasteiger partial charge in [-0.05, 0) is 12.1 Å². The first-order chi connectivity index (χ1) is 12.0. The van der Waals surface area contributed by atoms with Gasteiger partial charge in [0.15, 0.2) is 17.0 Å². The molecule has 1 saturated heterocycles. The Labute approximate surface area is 152 Å². The van der Waals surface area contributed by atoms with Crippen molar-refractivity contribution in [3.8, 4) is 0 Å². The van der Waals surface area contributed by atoms with Gasteiger partial charge in [0.1, 0.15) is 6.33 Å². The molecule has 0 radical (unpaired) electrons. The lowest BCUT2D eigenvalue weighted by molar-refractivity contribution is -0.120. The van der Waals surface area contributed by atoms with Crippen molar-refractivity contribution in [2.75, 3.05) is 23.3 Å². The smallest absolute Gasteiger partial charge is 0.231 e. The number of hydrogen-bond donors (Lipinski definition) is 1. The van der Waals surface area contributed by atoms with E-state index in [1.54, 1.807) is 29.9 Å². The predicted molar refractivity (Wildman–Crippen MR) is 94.9 cm³/mol. The van der Waals surface area contributed by atoms with Crippen LogP contribution in [0, 0.1) is 5.92 Å². The molecule has 8 nitrogen and oxygen atoms in total. The van der Waals surface area contributed by atoms with Crippen molar-refractivity contribution in [2.45, 2.75) is 0 Å². The molecule has 10 heteroatoms. The molecule has 0 saturated carbocycles. The second kappa shape index (κ2) is 6.12. The normalized spacial score (nSPS) is 14.6. The number of anilines is 2. The van der Waals surface area contributed by atoms with Crippen LogP contribution in [-0.4, -0.2) is 44.0 Å². The van der Waals surface area contributed by atoms with Crippen LogP contribution in [0.25, 0.3) is 11.2 Å². The summed E-state index contributed by atoms with van der Waals surface area (Å²) in [5, 5.41) is 11.6. The van der Waals surface area contributed by atoms with E-state index in [4.69, 9.17) is 23.2 Å². The number of benzene rings is 1. The number of halogens is 2. The summed E-state index contributed by atoms with van der Waals surface area (Å²) in [6, 6.07) is 5.13. The van der Waals surface area contributed by atoms with E-state index < -0.39 is 0 Å². The minimum atomic E-state index is -0.170. The van der Waals surface area contributed by atoms with Crippen LogP contribution < -0.4 is 10.2 Å². The quantitative estimate of drug-likeness (QED) is 0.751. The average molecular weight is 378 g/mol. The number of carbonyl (C=O) groups excluding carboxylic acids is 1. The molecule has 3 heterocycles. The van der Waals surface area contributed by atoms with Gasteiger partial charge in [-0.3, -0.25) is 4.79 Å². The average Bonchev–Trinajstić information content (AvgIpc) is 2.93. The van der Waals surface area contributed by atoms with Gasteiger partial charge in [0.05, 0.1) is 21.7 Å². The fourth-order valence-electron chi connectivity index (χ4n) is 2.72. The molecule has 4 rings (SSSR count). The summed E-state index contributed by atoms with van der Waals surface area (Å²) >= 11 is 12.1. The number of nitrogens with one attached hydrogen (secondary N) is 1. The lowest BCUT2D eigenvalue weighted by Crippen LogP contribution is -2.52. The van der Waals surface area contributed by atoms with Gasteiger partial charge in [0.25, 0.3) is 0 Å². The Morgan fingerprint density at radius 3 is 2.88 bits per heavy atom. The molecule has 25 heavy (non-hydrogen) atoms. The maximum absolute atomic E-state index is 12.4. The summed E-state index contributed by atoms with van der Waals surface area (Å²) < 4.78 is 1.59. The largest absolute Gasteiger partial charge is 0.353 e. The zero-order chi connectivity index (χ0) is 17.6. The Morgan fingerprint density at radius 2 is 2.08 bits per heavy atom. The van der Waals surface area contributed by atoms with Gasteiger partial charge in [0.2, 0.25) is 5.91 Å². The second-order valence-corrected chi connectivity index (χ2v) is 6.56. The number of amides is 1. The number of hydrogen-bond acceptors (Lipinski definition) is 6. The van der Waals surface area contributed by atoms with Crippen molar-refractivity contribution in [3.63, 3.8) is 0 Å². The highest BCUT2D eigenvalue weighted by Crippen LogP contribution is 2.31. The molecular weight excluding hydrogens is 365 g/mol. The first kappa shape index (κ1) is 16.0. The molecule has 1 amide bonds. The maximum atomic E-state index is 12.4. The van der Waals surface area contributed by atoms with E-state index in [1.807, 2.05) is 4.90 Å². The maximum Gasteiger partial charge on any atom is 0.231 e. The van der Waals surface area contributed by atoms with Crippen molar-refractivity contribution < 1.29 is 4.79 Å². The van der Waals surface area contributed by atoms with Crippen molar-refractivity contribution >= 4 is 51.8 Å². The molecule has 128 valence electrons. The number of aryl methyl sites for hydroxylation is 1. The van der Waals surface area contributed by atoms with Gasteiger partial charge in [0, 0.05) is 20.1 Å². The third-order valence-corrected chi connectivity index (χ3v) is 4.95.